The van der Waals surface area contributed by atoms with Crippen LogP contribution in [-0.4, -0.2) is 51.6 Å². The van der Waals surface area contributed by atoms with E-state index in [1.807, 2.05) is 24.3 Å². The number of hydrogen-bond donors (Lipinski definition) is 3. The average Bonchev–Trinajstić information content (AvgIpc) is 2.53. The van der Waals surface area contributed by atoms with Crippen molar-refractivity contribution >= 4 is 17.5 Å². The average molecular weight is 307 g/mol. The number of nitrogens with one attached hydrogen (secondary N) is 3. The van der Waals surface area contributed by atoms with Crippen LogP contribution >= 0.6 is 0 Å². The Morgan fingerprint density at radius 2 is 1.91 bits per heavy atom. The lowest BCUT2D eigenvalue weighted by Gasteiger charge is -2.33. The number of methoxy groups -OCH3 is 1. The topological polar surface area (TPSA) is 75.1 Å². The SMILES string of the molecule is COc1ccccc1N1CC[NH+](CC(=O)NNC(C)=O)CC1. The first kappa shape index (κ1) is 16.1. The van der Waals surface area contributed by atoms with Crippen molar-refractivity contribution in [2.24, 2.45) is 0 Å². The van der Waals surface area contributed by atoms with Gasteiger partial charge in [-0.1, -0.05) is 12.1 Å². The first-order chi connectivity index (χ1) is 10.6. The quantitative estimate of drug-likeness (QED) is 0.596. The number of benzene rings is 1. The molecule has 0 radical (unpaired) electrons. The van der Waals surface area contributed by atoms with Crippen molar-refractivity contribution in [3.8, 4) is 5.75 Å². The molecule has 0 spiro atoms. The summed E-state index contributed by atoms with van der Waals surface area (Å²) >= 11 is 0. The van der Waals surface area contributed by atoms with Crippen molar-refractivity contribution < 1.29 is 19.2 Å². The van der Waals surface area contributed by atoms with Crippen LogP contribution in [0.3, 0.4) is 0 Å². The number of hydrazine groups is 1. The molecule has 0 unspecified atom stereocenters. The normalized spacial score (nSPS) is 15.3. The molecule has 1 aromatic rings. The second kappa shape index (κ2) is 7.65. The first-order valence-corrected chi connectivity index (χ1v) is 7.37. The Morgan fingerprint density at radius 1 is 1.23 bits per heavy atom. The van der Waals surface area contributed by atoms with Gasteiger partial charge in [0.15, 0.2) is 6.54 Å². The molecule has 1 aromatic carbocycles. The van der Waals surface area contributed by atoms with E-state index in [1.165, 1.54) is 11.8 Å². The molecule has 1 fully saturated rings. The highest BCUT2D eigenvalue weighted by Crippen LogP contribution is 2.27. The third-order valence-electron chi connectivity index (χ3n) is 3.68. The molecule has 0 atom stereocenters. The van der Waals surface area contributed by atoms with E-state index in [-0.39, 0.29) is 11.8 Å². The molecule has 0 bridgehead atoms. The number of para-hydroxylation sites is 2. The zero-order valence-electron chi connectivity index (χ0n) is 13.0. The van der Waals surface area contributed by atoms with Gasteiger partial charge < -0.3 is 14.5 Å². The van der Waals surface area contributed by atoms with Gasteiger partial charge in [-0.25, -0.2) is 0 Å². The number of carbonyl (C=O) groups excluding carboxylic acids is 2. The van der Waals surface area contributed by atoms with Crippen LogP contribution in [0.25, 0.3) is 0 Å². The summed E-state index contributed by atoms with van der Waals surface area (Å²) in [5, 5.41) is 0. The van der Waals surface area contributed by atoms with E-state index in [4.69, 9.17) is 4.74 Å². The number of amides is 2. The number of ether oxygens (including phenoxy) is 1. The van der Waals surface area contributed by atoms with Crippen LogP contribution in [0.5, 0.6) is 5.75 Å². The van der Waals surface area contributed by atoms with Gasteiger partial charge in [-0.2, -0.15) is 0 Å². The molecule has 1 saturated heterocycles. The molecule has 1 heterocycles. The van der Waals surface area contributed by atoms with Gasteiger partial charge in [0.05, 0.1) is 39.0 Å². The molecule has 3 N–H and O–H groups in total. The van der Waals surface area contributed by atoms with Gasteiger partial charge in [0.25, 0.3) is 5.91 Å². The fraction of sp³-hybridized carbons (Fsp3) is 0.467. The van der Waals surface area contributed by atoms with Gasteiger partial charge in [0.1, 0.15) is 5.75 Å². The van der Waals surface area contributed by atoms with E-state index in [2.05, 4.69) is 15.8 Å². The molecular formula is C15H23N4O3+. The highest BCUT2D eigenvalue weighted by atomic mass is 16.5. The zero-order chi connectivity index (χ0) is 15.9. The lowest BCUT2D eigenvalue weighted by atomic mass is 10.2. The molecule has 120 valence electrons. The Morgan fingerprint density at radius 3 is 2.55 bits per heavy atom. The summed E-state index contributed by atoms with van der Waals surface area (Å²) in [5.41, 5.74) is 5.79. The molecule has 7 nitrogen and oxygen atoms in total. The number of carbonyl (C=O) groups is 2. The van der Waals surface area contributed by atoms with Crippen LogP contribution in [0.2, 0.25) is 0 Å². The van der Waals surface area contributed by atoms with Crippen LogP contribution in [0.15, 0.2) is 24.3 Å². The summed E-state index contributed by atoms with van der Waals surface area (Å²) in [5.74, 6) is 0.426. The summed E-state index contributed by atoms with van der Waals surface area (Å²) in [6.45, 7) is 5.18. The van der Waals surface area contributed by atoms with E-state index in [0.717, 1.165) is 37.6 Å². The van der Waals surface area contributed by atoms with Crippen molar-refractivity contribution in [1.82, 2.24) is 10.9 Å². The van der Waals surface area contributed by atoms with Gasteiger partial charge in [-0.05, 0) is 12.1 Å². The Kier molecular flexibility index (Phi) is 5.60. The van der Waals surface area contributed by atoms with Crippen LogP contribution < -0.4 is 25.4 Å². The predicted molar refractivity (Wildman–Crippen MR) is 82.7 cm³/mol. The largest absolute Gasteiger partial charge is 0.495 e. The lowest BCUT2D eigenvalue weighted by molar-refractivity contribution is -0.892. The van der Waals surface area contributed by atoms with Gasteiger partial charge in [-0.3, -0.25) is 20.4 Å². The molecule has 2 amide bonds. The second-order valence-corrected chi connectivity index (χ2v) is 5.32. The molecule has 0 aliphatic carbocycles. The number of hydrogen-bond acceptors (Lipinski definition) is 4. The minimum atomic E-state index is -0.274. The van der Waals surface area contributed by atoms with Gasteiger partial charge in [0.2, 0.25) is 5.91 Å². The maximum absolute atomic E-state index is 11.7. The highest BCUT2D eigenvalue weighted by molar-refractivity contribution is 5.81. The molecule has 2 rings (SSSR count). The van der Waals surface area contributed by atoms with Crippen molar-refractivity contribution in [3.63, 3.8) is 0 Å². The van der Waals surface area contributed by atoms with Gasteiger partial charge >= 0.3 is 0 Å². The third kappa shape index (κ3) is 4.36. The summed E-state index contributed by atoms with van der Waals surface area (Å²) in [6, 6.07) is 7.96. The maximum atomic E-state index is 11.7. The number of anilines is 1. The Labute approximate surface area is 130 Å². The summed E-state index contributed by atoms with van der Waals surface area (Å²) < 4.78 is 5.39. The number of nitrogens with zero attached hydrogens (tertiary/aromatic N) is 1. The maximum Gasteiger partial charge on any atom is 0.293 e. The van der Waals surface area contributed by atoms with Crippen molar-refractivity contribution in [2.75, 3.05) is 44.7 Å². The molecule has 1 aliphatic heterocycles. The predicted octanol–water partition coefficient (Wildman–Crippen LogP) is -1.43. The van der Waals surface area contributed by atoms with Crippen LogP contribution in [0.1, 0.15) is 6.92 Å². The Bertz CT molecular complexity index is 527. The molecule has 22 heavy (non-hydrogen) atoms. The third-order valence-corrected chi connectivity index (χ3v) is 3.68. The Balaban J connectivity index is 1.83. The van der Waals surface area contributed by atoms with Crippen molar-refractivity contribution in [2.45, 2.75) is 6.92 Å². The molecule has 7 heteroatoms. The monoisotopic (exact) mass is 307 g/mol. The number of rotatable bonds is 4. The summed E-state index contributed by atoms with van der Waals surface area (Å²) in [7, 11) is 1.67. The number of quaternary nitrogens is 1. The first-order valence-electron chi connectivity index (χ1n) is 7.37. The van der Waals surface area contributed by atoms with Gasteiger partial charge in [-0.15, -0.1) is 0 Å². The highest BCUT2D eigenvalue weighted by Gasteiger charge is 2.23. The Hall–Kier alpha value is -2.28. The minimum Gasteiger partial charge on any atom is -0.495 e. The standard InChI is InChI=1S/C15H22N4O3/c1-12(20)16-17-15(21)11-18-7-9-19(10-8-18)13-5-3-4-6-14(13)22-2/h3-6H,7-11H2,1-2H3,(H,16,20)(H,17,21)/p+1. The fourth-order valence-electron chi connectivity index (χ4n) is 2.56. The van der Waals surface area contributed by atoms with E-state index in [0.29, 0.717) is 6.54 Å². The van der Waals surface area contributed by atoms with Crippen LogP contribution in [0.4, 0.5) is 5.69 Å². The van der Waals surface area contributed by atoms with E-state index < -0.39 is 0 Å². The lowest BCUT2D eigenvalue weighted by Crippen LogP contribution is -3.16. The van der Waals surface area contributed by atoms with E-state index >= 15 is 0 Å². The molecule has 0 saturated carbocycles. The summed E-state index contributed by atoms with van der Waals surface area (Å²) in [6.07, 6.45) is 0. The smallest absolute Gasteiger partial charge is 0.293 e. The summed E-state index contributed by atoms with van der Waals surface area (Å²) in [4.78, 5) is 25.9. The zero-order valence-corrected chi connectivity index (χ0v) is 13.0. The molecule has 1 aliphatic rings. The van der Waals surface area contributed by atoms with Crippen LogP contribution in [0, 0.1) is 0 Å². The number of piperazine rings is 1. The molecular weight excluding hydrogens is 284 g/mol. The second-order valence-electron chi connectivity index (χ2n) is 5.32. The minimum absolute atomic E-state index is 0.170. The van der Waals surface area contributed by atoms with Crippen molar-refractivity contribution in [3.05, 3.63) is 24.3 Å². The fourth-order valence-corrected chi connectivity index (χ4v) is 2.56. The van der Waals surface area contributed by atoms with Crippen molar-refractivity contribution in [1.29, 1.82) is 0 Å². The van der Waals surface area contributed by atoms with E-state index in [9.17, 15) is 9.59 Å². The van der Waals surface area contributed by atoms with E-state index in [1.54, 1.807) is 7.11 Å². The molecule has 0 aromatic heterocycles. The van der Waals surface area contributed by atoms with Gasteiger partial charge in [0, 0.05) is 6.92 Å². The van der Waals surface area contributed by atoms with Crippen LogP contribution in [-0.2, 0) is 9.59 Å².